The maximum absolute atomic E-state index is 5.97. The van der Waals surface area contributed by atoms with Gasteiger partial charge in [0.1, 0.15) is 5.01 Å². The lowest BCUT2D eigenvalue weighted by molar-refractivity contribution is 0.0360. The van der Waals surface area contributed by atoms with Gasteiger partial charge in [-0.3, -0.25) is 0 Å². The van der Waals surface area contributed by atoms with Crippen molar-refractivity contribution in [2.24, 2.45) is 0 Å². The molecule has 2 aromatic rings. The summed E-state index contributed by atoms with van der Waals surface area (Å²) < 4.78 is 5.97. The molecule has 0 bridgehead atoms. The van der Waals surface area contributed by atoms with E-state index in [9.17, 15) is 0 Å². The first-order chi connectivity index (χ1) is 9.42. The third-order valence-electron chi connectivity index (χ3n) is 3.40. The van der Waals surface area contributed by atoms with Crippen molar-refractivity contribution in [2.75, 3.05) is 0 Å². The first kappa shape index (κ1) is 12.6. The number of ether oxygens (including phenoxy) is 1. The van der Waals surface area contributed by atoms with E-state index in [0.29, 0.717) is 12.7 Å². The first-order valence-electron chi connectivity index (χ1n) is 6.66. The molecule has 0 saturated heterocycles. The second-order valence-corrected chi connectivity index (χ2v) is 5.65. The van der Waals surface area contributed by atoms with Crippen molar-refractivity contribution in [1.82, 2.24) is 4.98 Å². The van der Waals surface area contributed by atoms with Crippen LogP contribution in [0, 0.1) is 0 Å². The summed E-state index contributed by atoms with van der Waals surface area (Å²) in [5.41, 5.74) is 2.63. The highest BCUT2D eigenvalue weighted by Gasteiger charge is 2.16. The molecule has 1 aliphatic carbocycles. The molecule has 0 amide bonds. The summed E-state index contributed by atoms with van der Waals surface area (Å²) in [4.78, 5) is 4.37. The zero-order chi connectivity index (χ0) is 12.9. The molecule has 3 rings (SSSR count). The largest absolute Gasteiger partial charge is 0.373 e. The van der Waals surface area contributed by atoms with Crippen LogP contribution in [-0.4, -0.2) is 11.1 Å². The SMILES string of the molecule is C1=C(c2nccs2)CCC(OCc2ccccc2)C1. The average Bonchev–Trinajstić information content (AvgIpc) is 3.01. The second kappa shape index (κ2) is 6.13. The number of nitrogens with zero attached hydrogens (tertiary/aromatic N) is 1. The Balaban J connectivity index is 1.53. The molecule has 1 unspecified atom stereocenters. The van der Waals surface area contributed by atoms with E-state index in [0.717, 1.165) is 19.3 Å². The molecule has 1 atom stereocenters. The van der Waals surface area contributed by atoms with Crippen molar-refractivity contribution in [3.8, 4) is 0 Å². The smallest absolute Gasteiger partial charge is 0.118 e. The van der Waals surface area contributed by atoms with Crippen molar-refractivity contribution in [2.45, 2.75) is 32.0 Å². The molecule has 0 aliphatic heterocycles. The van der Waals surface area contributed by atoms with Gasteiger partial charge in [0.2, 0.25) is 0 Å². The van der Waals surface area contributed by atoms with Crippen LogP contribution in [0.25, 0.3) is 5.57 Å². The van der Waals surface area contributed by atoms with Gasteiger partial charge in [-0.25, -0.2) is 4.98 Å². The van der Waals surface area contributed by atoms with Crippen LogP contribution in [-0.2, 0) is 11.3 Å². The van der Waals surface area contributed by atoms with Crippen molar-refractivity contribution in [3.05, 3.63) is 58.6 Å². The quantitative estimate of drug-likeness (QED) is 0.827. The standard InChI is InChI=1S/C16H17NOS/c1-2-4-13(5-3-1)12-18-15-8-6-14(7-9-15)16-17-10-11-19-16/h1-6,10-11,15H,7-9,12H2. The van der Waals surface area contributed by atoms with Crippen LogP contribution >= 0.6 is 11.3 Å². The highest BCUT2D eigenvalue weighted by Crippen LogP contribution is 2.29. The fourth-order valence-electron chi connectivity index (χ4n) is 2.33. The molecule has 0 saturated carbocycles. The molecular weight excluding hydrogens is 254 g/mol. The van der Waals surface area contributed by atoms with E-state index >= 15 is 0 Å². The molecule has 1 heterocycles. The Morgan fingerprint density at radius 3 is 2.84 bits per heavy atom. The predicted octanol–water partition coefficient (Wildman–Crippen LogP) is 4.30. The Morgan fingerprint density at radius 2 is 2.16 bits per heavy atom. The van der Waals surface area contributed by atoms with Crippen LogP contribution in [0.4, 0.5) is 0 Å². The summed E-state index contributed by atoms with van der Waals surface area (Å²) in [6.45, 7) is 0.714. The molecule has 2 nitrogen and oxygen atoms in total. The number of allylic oxidation sites excluding steroid dienone is 1. The number of hydrogen-bond donors (Lipinski definition) is 0. The molecule has 1 aromatic heterocycles. The first-order valence-corrected chi connectivity index (χ1v) is 7.54. The van der Waals surface area contributed by atoms with Crippen LogP contribution in [0.15, 0.2) is 48.0 Å². The Morgan fingerprint density at radius 1 is 1.26 bits per heavy atom. The van der Waals surface area contributed by atoms with Crippen molar-refractivity contribution in [3.63, 3.8) is 0 Å². The van der Waals surface area contributed by atoms with Crippen LogP contribution in [0.1, 0.15) is 29.8 Å². The topological polar surface area (TPSA) is 22.1 Å². The molecule has 3 heteroatoms. The summed E-state index contributed by atoms with van der Waals surface area (Å²) in [6.07, 6.45) is 7.69. The van der Waals surface area contributed by atoms with Crippen LogP contribution < -0.4 is 0 Å². The summed E-state index contributed by atoms with van der Waals surface area (Å²) in [5, 5.41) is 3.20. The van der Waals surface area contributed by atoms with Crippen LogP contribution in [0.5, 0.6) is 0 Å². The van der Waals surface area contributed by atoms with E-state index in [4.69, 9.17) is 4.74 Å². The summed E-state index contributed by atoms with van der Waals surface area (Å²) in [6, 6.07) is 10.4. The highest BCUT2D eigenvalue weighted by molar-refractivity contribution is 7.10. The minimum Gasteiger partial charge on any atom is -0.373 e. The van der Waals surface area contributed by atoms with Gasteiger partial charge in [0, 0.05) is 11.6 Å². The molecule has 0 spiro atoms. The van der Waals surface area contributed by atoms with Crippen molar-refractivity contribution < 1.29 is 4.74 Å². The molecule has 1 aromatic carbocycles. The maximum atomic E-state index is 5.97. The Labute approximate surface area is 117 Å². The van der Waals surface area contributed by atoms with E-state index < -0.39 is 0 Å². The number of rotatable bonds is 4. The fourth-order valence-corrected chi connectivity index (χ4v) is 3.04. The fraction of sp³-hybridized carbons (Fsp3) is 0.312. The molecule has 19 heavy (non-hydrogen) atoms. The number of aromatic nitrogens is 1. The zero-order valence-electron chi connectivity index (χ0n) is 10.8. The van der Waals surface area contributed by atoms with Gasteiger partial charge in [-0.2, -0.15) is 0 Å². The van der Waals surface area contributed by atoms with Gasteiger partial charge < -0.3 is 4.74 Å². The van der Waals surface area contributed by atoms with Gasteiger partial charge in [0.05, 0.1) is 12.7 Å². The monoisotopic (exact) mass is 271 g/mol. The van der Waals surface area contributed by atoms with Gasteiger partial charge >= 0.3 is 0 Å². The molecule has 0 N–H and O–H groups in total. The third kappa shape index (κ3) is 3.31. The van der Waals surface area contributed by atoms with E-state index in [2.05, 4.69) is 35.3 Å². The van der Waals surface area contributed by atoms with Gasteiger partial charge in [-0.15, -0.1) is 11.3 Å². The molecular formula is C16H17NOS. The lowest BCUT2D eigenvalue weighted by atomic mass is 9.97. The summed E-state index contributed by atoms with van der Waals surface area (Å²) in [5.74, 6) is 0. The molecule has 0 fully saturated rings. The number of thiazole rings is 1. The van der Waals surface area contributed by atoms with Crippen molar-refractivity contribution >= 4 is 16.9 Å². The third-order valence-corrected chi connectivity index (χ3v) is 4.25. The van der Waals surface area contributed by atoms with Gasteiger partial charge in [0.15, 0.2) is 0 Å². The van der Waals surface area contributed by atoms with Crippen molar-refractivity contribution in [1.29, 1.82) is 0 Å². The summed E-state index contributed by atoms with van der Waals surface area (Å²) in [7, 11) is 0. The van der Waals surface area contributed by atoms with Crippen LogP contribution in [0.2, 0.25) is 0 Å². The van der Waals surface area contributed by atoms with Gasteiger partial charge in [-0.05, 0) is 30.4 Å². The van der Waals surface area contributed by atoms with Crippen LogP contribution in [0.3, 0.4) is 0 Å². The number of hydrogen-bond acceptors (Lipinski definition) is 3. The normalized spacial score (nSPS) is 19.2. The molecule has 0 radical (unpaired) electrons. The highest BCUT2D eigenvalue weighted by atomic mass is 32.1. The Kier molecular flexibility index (Phi) is 4.06. The molecule has 1 aliphatic rings. The lowest BCUT2D eigenvalue weighted by Crippen LogP contribution is -2.15. The van der Waals surface area contributed by atoms with Gasteiger partial charge in [-0.1, -0.05) is 36.4 Å². The molecule has 98 valence electrons. The Hall–Kier alpha value is -1.45. The van der Waals surface area contributed by atoms with E-state index in [-0.39, 0.29) is 0 Å². The van der Waals surface area contributed by atoms with Gasteiger partial charge in [0.25, 0.3) is 0 Å². The zero-order valence-corrected chi connectivity index (χ0v) is 11.6. The average molecular weight is 271 g/mol. The lowest BCUT2D eigenvalue weighted by Gasteiger charge is -2.21. The summed E-state index contributed by atoms with van der Waals surface area (Å²) >= 11 is 1.72. The second-order valence-electron chi connectivity index (χ2n) is 4.76. The van der Waals surface area contributed by atoms with E-state index in [1.807, 2.05) is 17.6 Å². The van der Waals surface area contributed by atoms with E-state index in [1.165, 1.54) is 16.1 Å². The predicted molar refractivity (Wildman–Crippen MR) is 79.0 cm³/mol. The Bertz CT molecular complexity index is 533. The number of benzene rings is 1. The minimum atomic E-state index is 0.351. The van der Waals surface area contributed by atoms with E-state index in [1.54, 1.807) is 11.3 Å². The maximum Gasteiger partial charge on any atom is 0.118 e. The minimum absolute atomic E-state index is 0.351.